The highest BCUT2D eigenvalue weighted by Gasteiger charge is 2.20. The molecule has 1 atom stereocenters. The topological polar surface area (TPSA) is 105 Å². The molecule has 28 heavy (non-hydrogen) atoms. The predicted molar refractivity (Wildman–Crippen MR) is 108 cm³/mol. The SMILES string of the molecule is C[C@@H]1CCc2[nH]c3ccc(C(=O)NCc4ccc(S(N)(=O)=O)cc4)cc3c2C1. The number of carbonyl (C=O) groups is 1. The van der Waals surface area contributed by atoms with E-state index in [1.165, 1.54) is 29.8 Å². The van der Waals surface area contributed by atoms with Gasteiger partial charge in [-0.2, -0.15) is 0 Å². The van der Waals surface area contributed by atoms with E-state index in [4.69, 9.17) is 5.14 Å². The molecule has 2 aromatic carbocycles. The third-order valence-corrected chi connectivity index (χ3v) is 6.33. The molecule has 0 bridgehead atoms. The van der Waals surface area contributed by atoms with Crippen LogP contribution in [0.4, 0.5) is 0 Å². The van der Waals surface area contributed by atoms with Crippen LogP contribution in [0, 0.1) is 5.92 Å². The Kier molecular flexibility index (Phi) is 4.72. The first kappa shape index (κ1) is 18.7. The van der Waals surface area contributed by atoms with Gasteiger partial charge in [-0.15, -0.1) is 0 Å². The van der Waals surface area contributed by atoms with E-state index in [0.29, 0.717) is 18.0 Å². The molecule has 1 heterocycles. The summed E-state index contributed by atoms with van der Waals surface area (Å²) in [5.41, 5.74) is 5.13. The van der Waals surface area contributed by atoms with Gasteiger partial charge < -0.3 is 10.3 Å². The number of carbonyl (C=O) groups excluding carboxylic acids is 1. The molecule has 0 unspecified atom stereocenters. The summed E-state index contributed by atoms with van der Waals surface area (Å²) in [6.45, 7) is 2.57. The van der Waals surface area contributed by atoms with E-state index in [1.807, 2.05) is 18.2 Å². The first-order chi connectivity index (χ1) is 13.3. The number of fused-ring (bicyclic) bond motifs is 3. The second kappa shape index (κ2) is 7.07. The van der Waals surface area contributed by atoms with Gasteiger partial charge in [0.25, 0.3) is 5.91 Å². The minimum absolute atomic E-state index is 0.0551. The van der Waals surface area contributed by atoms with Crippen molar-refractivity contribution in [1.82, 2.24) is 10.3 Å². The molecular formula is C21H23N3O3S. The Labute approximate surface area is 164 Å². The number of H-pyrrole nitrogens is 1. The monoisotopic (exact) mass is 397 g/mol. The Balaban J connectivity index is 1.50. The van der Waals surface area contributed by atoms with Gasteiger partial charge in [0.05, 0.1) is 4.90 Å². The van der Waals surface area contributed by atoms with Crippen LogP contribution in [0.15, 0.2) is 47.4 Å². The number of sulfonamides is 1. The summed E-state index contributed by atoms with van der Waals surface area (Å²) in [6, 6.07) is 11.9. The number of primary sulfonamides is 1. The summed E-state index contributed by atoms with van der Waals surface area (Å²) < 4.78 is 22.6. The summed E-state index contributed by atoms with van der Waals surface area (Å²) in [5.74, 6) is 0.500. The largest absolute Gasteiger partial charge is 0.358 e. The molecule has 4 N–H and O–H groups in total. The molecule has 7 heteroatoms. The molecule has 0 radical (unpaired) electrons. The molecule has 0 spiro atoms. The van der Waals surface area contributed by atoms with Gasteiger partial charge in [-0.3, -0.25) is 4.79 Å². The third-order valence-electron chi connectivity index (χ3n) is 5.40. The van der Waals surface area contributed by atoms with Gasteiger partial charge in [-0.25, -0.2) is 13.6 Å². The fraction of sp³-hybridized carbons (Fsp3) is 0.286. The highest BCUT2D eigenvalue weighted by atomic mass is 32.2. The van der Waals surface area contributed by atoms with Crippen LogP contribution in [-0.4, -0.2) is 19.3 Å². The van der Waals surface area contributed by atoms with Gasteiger partial charge in [0, 0.05) is 28.7 Å². The van der Waals surface area contributed by atoms with Gasteiger partial charge in [0.1, 0.15) is 0 Å². The van der Waals surface area contributed by atoms with Crippen molar-refractivity contribution in [2.24, 2.45) is 11.1 Å². The maximum absolute atomic E-state index is 12.6. The molecule has 1 amide bonds. The number of amides is 1. The van der Waals surface area contributed by atoms with Crippen LogP contribution in [0.25, 0.3) is 10.9 Å². The summed E-state index contributed by atoms with van der Waals surface area (Å²) in [4.78, 5) is 16.1. The van der Waals surface area contributed by atoms with Crippen LogP contribution in [0.3, 0.4) is 0 Å². The lowest BCUT2D eigenvalue weighted by atomic mass is 9.87. The number of nitrogens with one attached hydrogen (secondary N) is 2. The van der Waals surface area contributed by atoms with Crippen molar-refractivity contribution in [2.75, 3.05) is 0 Å². The van der Waals surface area contributed by atoms with Gasteiger partial charge in [0.2, 0.25) is 10.0 Å². The van der Waals surface area contributed by atoms with Crippen molar-refractivity contribution in [3.63, 3.8) is 0 Å². The highest BCUT2D eigenvalue weighted by Crippen LogP contribution is 2.32. The fourth-order valence-corrected chi connectivity index (χ4v) is 4.33. The van der Waals surface area contributed by atoms with Gasteiger partial charge in [-0.05, 0) is 66.6 Å². The van der Waals surface area contributed by atoms with E-state index in [1.54, 1.807) is 12.1 Å². The second-order valence-corrected chi connectivity index (χ2v) is 9.12. The van der Waals surface area contributed by atoms with Crippen molar-refractivity contribution in [3.8, 4) is 0 Å². The number of hydrogen-bond donors (Lipinski definition) is 3. The zero-order valence-electron chi connectivity index (χ0n) is 15.7. The molecule has 6 nitrogen and oxygen atoms in total. The Morgan fingerprint density at radius 2 is 1.96 bits per heavy atom. The molecule has 1 aliphatic rings. The van der Waals surface area contributed by atoms with Crippen LogP contribution >= 0.6 is 0 Å². The molecule has 0 saturated heterocycles. The van der Waals surface area contributed by atoms with Crippen LogP contribution in [0.2, 0.25) is 0 Å². The Morgan fingerprint density at radius 3 is 2.68 bits per heavy atom. The number of aryl methyl sites for hydroxylation is 1. The third kappa shape index (κ3) is 3.68. The standard InChI is InChI=1S/C21H23N3O3S/c1-13-2-8-19-17(10-13)18-11-15(5-9-20(18)24-19)21(25)23-12-14-3-6-16(7-4-14)28(22,26)27/h3-7,9,11,13,24H,2,8,10,12H2,1H3,(H,23,25)(H2,22,26,27)/t13-/m1/s1. The van der Waals surface area contributed by atoms with Crippen molar-refractivity contribution in [3.05, 3.63) is 64.8 Å². The van der Waals surface area contributed by atoms with Crippen molar-refractivity contribution in [2.45, 2.75) is 37.6 Å². The maximum atomic E-state index is 12.6. The molecular weight excluding hydrogens is 374 g/mol. The number of aromatic nitrogens is 1. The van der Waals surface area contributed by atoms with Crippen LogP contribution in [-0.2, 0) is 29.4 Å². The van der Waals surface area contributed by atoms with E-state index < -0.39 is 10.0 Å². The average molecular weight is 398 g/mol. The first-order valence-corrected chi connectivity index (χ1v) is 10.9. The van der Waals surface area contributed by atoms with E-state index in [-0.39, 0.29) is 10.8 Å². The summed E-state index contributed by atoms with van der Waals surface area (Å²) >= 11 is 0. The average Bonchev–Trinajstić information content (AvgIpc) is 3.03. The smallest absolute Gasteiger partial charge is 0.251 e. The predicted octanol–water partition coefficient (Wildman–Crippen LogP) is 2.87. The normalized spacial score (nSPS) is 16.7. The van der Waals surface area contributed by atoms with Crippen molar-refractivity contribution < 1.29 is 13.2 Å². The first-order valence-electron chi connectivity index (χ1n) is 9.34. The fourth-order valence-electron chi connectivity index (χ4n) is 3.81. The Bertz CT molecular complexity index is 1150. The Morgan fingerprint density at radius 1 is 1.21 bits per heavy atom. The Hall–Kier alpha value is -2.64. The second-order valence-electron chi connectivity index (χ2n) is 7.56. The number of benzene rings is 2. The van der Waals surface area contributed by atoms with E-state index in [0.717, 1.165) is 29.3 Å². The highest BCUT2D eigenvalue weighted by molar-refractivity contribution is 7.89. The van der Waals surface area contributed by atoms with E-state index in [2.05, 4.69) is 17.2 Å². The molecule has 4 rings (SSSR count). The van der Waals surface area contributed by atoms with E-state index in [9.17, 15) is 13.2 Å². The number of rotatable bonds is 4. The lowest BCUT2D eigenvalue weighted by Gasteiger charge is -2.18. The maximum Gasteiger partial charge on any atom is 0.251 e. The summed E-state index contributed by atoms with van der Waals surface area (Å²) in [7, 11) is -3.71. The zero-order valence-corrected chi connectivity index (χ0v) is 16.5. The molecule has 146 valence electrons. The zero-order chi connectivity index (χ0) is 19.9. The van der Waals surface area contributed by atoms with Crippen LogP contribution in [0.5, 0.6) is 0 Å². The quantitative estimate of drug-likeness (QED) is 0.630. The molecule has 1 aliphatic carbocycles. The lowest BCUT2D eigenvalue weighted by Crippen LogP contribution is -2.22. The summed E-state index contributed by atoms with van der Waals surface area (Å²) in [5, 5.41) is 9.12. The molecule has 0 fully saturated rings. The van der Waals surface area contributed by atoms with Crippen LogP contribution in [0.1, 0.15) is 40.5 Å². The molecule has 0 aliphatic heterocycles. The van der Waals surface area contributed by atoms with Gasteiger partial charge in [0.15, 0.2) is 0 Å². The molecule has 1 aromatic heterocycles. The number of nitrogens with two attached hydrogens (primary N) is 1. The summed E-state index contributed by atoms with van der Waals surface area (Å²) in [6.07, 6.45) is 3.29. The van der Waals surface area contributed by atoms with E-state index >= 15 is 0 Å². The van der Waals surface area contributed by atoms with Gasteiger partial charge >= 0.3 is 0 Å². The minimum Gasteiger partial charge on any atom is -0.358 e. The lowest BCUT2D eigenvalue weighted by molar-refractivity contribution is 0.0951. The number of aromatic amines is 1. The molecule has 3 aromatic rings. The van der Waals surface area contributed by atoms with Crippen molar-refractivity contribution >= 4 is 26.8 Å². The van der Waals surface area contributed by atoms with Crippen LogP contribution < -0.4 is 10.5 Å². The minimum atomic E-state index is -3.71. The number of hydrogen-bond acceptors (Lipinski definition) is 3. The van der Waals surface area contributed by atoms with Crippen molar-refractivity contribution in [1.29, 1.82) is 0 Å². The van der Waals surface area contributed by atoms with Gasteiger partial charge in [-0.1, -0.05) is 19.1 Å². The molecule has 0 saturated carbocycles.